The molecule has 1 aliphatic rings. The van der Waals surface area contributed by atoms with Crippen molar-refractivity contribution >= 4 is 11.6 Å². The van der Waals surface area contributed by atoms with E-state index in [0.717, 1.165) is 24.2 Å². The van der Waals surface area contributed by atoms with Crippen LogP contribution in [0, 0.1) is 0 Å². The van der Waals surface area contributed by atoms with Crippen LogP contribution in [-0.2, 0) is 16.0 Å². The molecule has 132 valence electrons. The van der Waals surface area contributed by atoms with Crippen LogP contribution in [0.15, 0.2) is 54.6 Å². The van der Waals surface area contributed by atoms with E-state index < -0.39 is 12.1 Å². The second-order valence-corrected chi connectivity index (χ2v) is 6.23. The summed E-state index contributed by atoms with van der Waals surface area (Å²) in [6.07, 6.45) is 0.925. The third-order valence-electron chi connectivity index (χ3n) is 4.53. The highest BCUT2D eigenvalue weighted by molar-refractivity contribution is 5.87. The molecule has 0 bridgehead atoms. The van der Waals surface area contributed by atoms with Crippen LogP contribution in [0.5, 0.6) is 0 Å². The lowest BCUT2D eigenvalue weighted by Gasteiger charge is -2.31. The third-order valence-corrected chi connectivity index (χ3v) is 4.53. The molecule has 3 rings (SSSR count). The molecule has 0 fully saturated rings. The SMILES string of the molecule is COC[C@H](CO)NC(=O)[C@H](c1ccccc1)N1CCc2ccccc21. The predicted octanol–water partition coefficient (Wildman–Crippen LogP) is 1.91. The minimum Gasteiger partial charge on any atom is -0.394 e. The Hall–Kier alpha value is -2.37. The Morgan fingerprint density at radius 2 is 1.92 bits per heavy atom. The number of aliphatic hydroxyl groups excluding tert-OH is 1. The zero-order valence-electron chi connectivity index (χ0n) is 14.4. The average molecular weight is 340 g/mol. The van der Waals surface area contributed by atoms with Gasteiger partial charge in [-0.3, -0.25) is 4.79 Å². The van der Waals surface area contributed by atoms with Crippen LogP contribution < -0.4 is 10.2 Å². The molecule has 0 saturated heterocycles. The molecule has 0 aliphatic carbocycles. The Bertz CT molecular complexity index is 705. The first-order valence-corrected chi connectivity index (χ1v) is 8.54. The van der Waals surface area contributed by atoms with Gasteiger partial charge < -0.3 is 20.1 Å². The number of methoxy groups -OCH3 is 1. The summed E-state index contributed by atoms with van der Waals surface area (Å²) in [6, 6.07) is 17.1. The number of rotatable bonds is 7. The van der Waals surface area contributed by atoms with E-state index in [2.05, 4.69) is 22.3 Å². The largest absolute Gasteiger partial charge is 0.394 e. The first-order valence-electron chi connectivity index (χ1n) is 8.54. The van der Waals surface area contributed by atoms with Crippen molar-refractivity contribution in [1.82, 2.24) is 5.32 Å². The highest BCUT2D eigenvalue weighted by atomic mass is 16.5. The number of anilines is 1. The smallest absolute Gasteiger partial charge is 0.247 e. The van der Waals surface area contributed by atoms with Crippen LogP contribution >= 0.6 is 0 Å². The predicted molar refractivity (Wildman–Crippen MR) is 97.6 cm³/mol. The number of benzene rings is 2. The summed E-state index contributed by atoms with van der Waals surface area (Å²) < 4.78 is 5.07. The molecule has 2 N–H and O–H groups in total. The van der Waals surface area contributed by atoms with Gasteiger partial charge in [-0.25, -0.2) is 0 Å². The maximum atomic E-state index is 13.1. The van der Waals surface area contributed by atoms with Gasteiger partial charge in [-0.1, -0.05) is 48.5 Å². The second kappa shape index (κ2) is 8.14. The number of carbonyl (C=O) groups is 1. The van der Waals surface area contributed by atoms with E-state index in [1.807, 2.05) is 42.5 Å². The van der Waals surface area contributed by atoms with Crippen molar-refractivity contribution in [3.05, 3.63) is 65.7 Å². The number of nitrogens with one attached hydrogen (secondary N) is 1. The molecule has 2 aromatic carbocycles. The van der Waals surface area contributed by atoms with E-state index in [0.29, 0.717) is 0 Å². The van der Waals surface area contributed by atoms with Crippen molar-refractivity contribution in [2.24, 2.45) is 0 Å². The van der Waals surface area contributed by atoms with Crippen LogP contribution in [0.4, 0.5) is 5.69 Å². The number of para-hydroxylation sites is 1. The molecule has 5 nitrogen and oxygen atoms in total. The quantitative estimate of drug-likeness (QED) is 0.808. The second-order valence-electron chi connectivity index (χ2n) is 6.23. The Kier molecular flexibility index (Phi) is 5.68. The number of nitrogens with zero attached hydrogens (tertiary/aromatic N) is 1. The van der Waals surface area contributed by atoms with Crippen molar-refractivity contribution in [1.29, 1.82) is 0 Å². The van der Waals surface area contributed by atoms with Crippen LogP contribution in [0.3, 0.4) is 0 Å². The molecule has 1 amide bonds. The Morgan fingerprint density at radius 1 is 1.20 bits per heavy atom. The monoisotopic (exact) mass is 340 g/mol. The van der Waals surface area contributed by atoms with Crippen LogP contribution in [0.2, 0.25) is 0 Å². The molecule has 2 aromatic rings. The van der Waals surface area contributed by atoms with Gasteiger partial charge in [-0.15, -0.1) is 0 Å². The van der Waals surface area contributed by atoms with Crippen molar-refractivity contribution in [3.8, 4) is 0 Å². The molecule has 2 atom stereocenters. The lowest BCUT2D eigenvalue weighted by atomic mass is 10.0. The van der Waals surface area contributed by atoms with Crippen LogP contribution in [0.1, 0.15) is 17.2 Å². The third kappa shape index (κ3) is 3.83. The highest BCUT2D eigenvalue weighted by Crippen LogP contribution is 2.35. The summed E-state index contributed by atoms with van der Waals surface area (Å²) in [6.45, 7) is 0.915. The Balaban J connectivity index is 1.90. The molecule has 5 heteroatoms. The first kappa shape index (κ1) is 17.5. The van der Waals surface area contributed by atoms with Crippen molar-refractivity contribution in [3.63, 3.8) is 0 Å². The summed E-state index contributed by atoms with van der Waals surface area (Å²) in [5.41, 5.74) is 3.29. The standard InChI is InChI=1S/C20H24N2O3/c1-25-14-17(13-23)21-20(24)19(16-8-3-2-4-9-16)22-12-11-15-7-5-6-10-18(15)22/h2-10,17,19,23H,11-14H2,1H3,(H,21,24)/t17-,19-/m0/s1. The van der Waals surface area contributed by atoms with Gasteiger partial charge in [-0.2, -0.15) is 0 Å². The lowest BCUT2D eigenvalue weighted by Crippen LogP contribution is -2.47. The molecule has 0 spiro atoms. The highest BCUT2D eigenvalue weighted by Gasteiger charge is 2.33. The summed E-state index contributed by atoms with van der Waals surface area (Å²) in [4.78, 5) is 15.2. The van der Waals surface area contributed by atoms with Crippen LogP contribution in [-0.4, -0.2) is 43.9 Å². The molecule has 0 unspecified atom stereocenters. The Labute approximate surface area is 148 Å². The van der Waals surface area contributed by atoms with Gasteiger partial charge in [0.2, 0.25) is 5.91 Å². The fourth-order valence-corrected chi connectivity index (χ4v) is 3.36. The number of fused-ring (bicyclic) bond motifs is 1. The van der Waals surface area contributed by atoms with Gasteiger partial charge in [0.15, 0.2) is 0 Å². The minimum absolute atomic E-state index is 0.126. The number of hydrogen-bond acceptors (Lipinski definition) is 4. The fourth-order valence-electron chi connectivity index (χ4n) is 3.36. The maximum Gasteiger partial charge on any atom is 0.247 e. The normalized spacial score (nSPS) is 15.5. The van der Waals surface area contributed by atoms with Gasteiger partial charge in [-0.05, 0) is 23.6 Å². The topological polar surface area (TPSA) is 61.8 Å². The first-order chi connectivity index (χ1) is 12.2. The zero-order chi connectivity index (χ0) is 17.6. The summed E-state index contributed by atoms with van der Waals surface area (Å²) in [5, 5.41) is 12.4. The van der Waals surface area contributed by atoms with E-state index in [1.54, 1.807) is 7.11 Å². The summed E-state index contributed by atoms with van der Waals surface area (Å²) in [7, 11) is 1.56. The number of amides is 1. The van der Waals surface area contributed by atoms with Crippen molar-refractivity contribution < 1.29 is 14.6 Å². The van der Waals surface area contributed by atoms with Gasteiger partial charge in [0, 0.05) is 19.3 Å². The number of carbonyl (C=O) groups excluding carboxylic acids is 1. The zero-order valence-corrected chi connectivity index (χ0v) is 14.4. The van der Waals surface area contributed by atoms with Gasteiger partial charge >= 0.3 is 0 Å². The summed E-state index contributed by atoms with van der Waals surface area (Å²) in [5.74, 6) is -0.126. The van der Waals surface area contributed by atoms with E-state index in [1.165, 1.54) is 5.56 Å². The number of hydrogen-bond donors (Lipinski definition) is 2. The van der Waals surface area contributed by atoms with E-state index >= 15 is 0 Å². The van der Waals surface area contributed by atoms with E-state index in [-0.39, 0.29) is 19.1 Å². The van der Waals surface area contributed by atoms with Gasteiger partial charge in [0.05, 0.1) is 19.3 Å². The molecule has 1 aliphatic heterocycles. The van der Waals surface area contributed by atoms with Crippen molar-refractivity contribution in [2.45, 2.75) is 18.5 Å². The molecule has 0 saturated carbocycles. The van der Waals surface area contributed by atoms with Crippen LogP contribution in [0.25, 0.3) is 0 Å². The minimum atomic E-state index is -0.434. The summed E-state index contributed by atoms with van der Waals surface area (Å²) >= 11 is 0. The van der Waals surface area contributed by atoms with Gasteiger partial charge in [0.25, 0.3) is 0 Å². The number of ether oxygens (including phenoxy) is 1. The molecular weight excluding hydrogens is 316 g/mol. The molecule has 0 radical (unpaired) electrons. The molecule has 1 heterocycles. The Morgan fingerprint density at radius 3 is 2.64 bits per heavy atom. The van der Waals surface area contributed by atoms with E-state index in [9.17, 15) is 9.90 Å². The van der Waals surface area contributed by atoms with Crippen molar-refractivity contribution in [2.75, 3.05) is 31.8 Å². The molecule has 0 aromatic heterocycles. The van der Waals surface area contributed by atoms with Gasteiger partial charge in [0.1, 0.15) is 6.04 Å². The molecule has 25 heavy (non-hydrogen) atoms. The lowest BCUT2D eigenvalue weighted by molar-refractivity contribution is -0.124. The fraction of sp³-hybridized carbons (Fsp3) is 0.350. The maximum absolute atomic E-state index is 13.1. The average Bonchev–Trinajstić information content (AvgIpc) is 3.06. The van der Waals surface area contributed by atoms with E-state index in [4.69, 9.17) is 4.74 Å². The number of aliphatic hydroxyl groups is 1. The molecular formula is C20H24N2O3.